The third-order valence-corrected chi connectivity index (χ3v) is 2.67. The molecule has 0 aromatic carbocycles. The molecule has 121 valence electrons. The van der Waals surface area contributed by atoms with Crippen molar-refractivity contribution in [3.8, 4) is 0 Å². The average Bonchev–Trinajstić information content (AvgIpc) is 2.58. The highest BCUT2D eigenvalue weighted by Crippen LogP contribution is 2.19. The molecule has 0 spiro atoms. The second kappa shape index (κ2) is 6.54. The summed E-state index contributed by atoms with van der Waals surface area (Å²) in [6, 6.07) is -0.125. The van der Waals surface area contributed by atoms with Crippen molar-refractivity contribution in [2.75, 3.05) is 0 Å². The van der Waals surface area contributed by atoms with Crippen LogP contribution in [0.4, 0.5) is 9.59 Å². The molecule has 1 fully saturated rings. The number of rotatable bonds is 2. The zero-order chi connectivity index (χ0) is 16.3. The molecular formula is C15H27N2O4. The first-order chi connectivity index (χ1) is 9.44. The maximum absolute atomic E-state index is 11.7. The molecule has 1 saturated carbocycles. The van der Waals surface area contributed by atoms with Gasteiger partial charge in [-0.3, -0.25) is 0 Å². The Kier molecular flexibility index (Phi) is 5.48. The van der Waals surface area contributed by atoms with Gasteiger partial charge in [0.2, 0.25) is 0 Å². The van der Waals surface area contributed by atoms with Crippen molar-refractivity contribution < 1.29 is 19.1 Å². The van der Waals surface area contributed by atoms with E-state index < -0.39 is 23.4 Å². The Morgan fingerprint density at radius 2 is 1.43 bits per heavy atom. The summed E-state index contributed by atoms with van der Waals surface area (Å²) >= 11 is 0. The zero-order valence-corrected chi connectivity index (χ0v) is 13.8. The van der Waals surface area contributed by atoms with Gasteiger partial charge in [-0.05, 0) is 60.8 Å². The largest absolute Gasteiger partial charge is 0.444 e. The summed E-state index contributed by atoms with van der Waals surface area (Å²) in [5.74, 6) is 0. The first-order valence-electron chi connectivity index (χ1n) is 7.27. The minimum absolute atomic E-state index is 0.0280. The molecule has 21 heavy (non-hydrogen) atoms. The van der Waals surface area contributed by atoms with Crippen molar-refractivity contribution in [3.63, 3.8) is 0 Å². The molecule has 0 aliphatic heterocycles. The van der Waals surface area contributed by atoms with Gasteiger partial charge in [-0.25, -0.2) is 9.59 Å². The molecule has 1 rings (SSSR count). The summed E-state index contributed by atoms with van der Waals surface area (Å²) in [4.78, 5) is 23.3. The van der Waals surface area contributed by atoms with E-state index in [1.54, 1.807) is 0 Å². The molecule has 1 aliphatic carbocycles. The molecule has 6 heteroatoms. The third-order valence-electron chi connectivity index (χ3n) is 2.67. The number of amides is 2. The molecular weight excluding hydrogens is 272 g/mol. The number of ether oxygens (including phenoxy) is 2. The van der Waals surface area contributed by atoms with Crippen LogP contribution in [0.1, 0.15) is 54.4 Å². The van der Waals surface area contributed by atoms with Crippen molar-refractivity contribution in [2.45, 2.75) is 77.7 Å². The fourth-order valence-corrected chi connectivity index (χ4v) is 2.00. The highest BCUT2D eigenvalue weighted by molar-refractivity contribution is 5.69. The Balaban J connectivity index is 2.33. The second-order valence-electron chi connectivity index (χ2n) is 7.30. The number of hydrogen-bond donors (Lipinski definition) is 2. The number of hydrogen-bond acceptors (Lipinski definition) is 4. The Labute approximate surface area is 126 Å². The lowest BCUT2D eigenvalue weighted by Crippen LogP contribution is -2.41. The van der Waals surface area contributed by atoms with Crippen LogP contribution < -0.4 is 10.6 Å². The molecule has 0 saturated heterocycles. The van der Waals surface area contributed by atoms with Crippen LogP contribution >= 0.6 is 0 Å². The van der Waals surface area contributed by atoms with E-state index in [1.165, 1.54) is 0 Å². The van der Waals surface area contributed by atoms with E-state index in [1.807, 2.05) is 48.0 Å². The van der Waals surface area contributed by atoms with Crippen LogP contribution in [0, 0.1) is 6.42 Å². The van der Waals surface area contributed by atoms with Crippen LogP contribution in [-0.4, -0.2) is 35.5 Å². The number of carbonyl (C=O) groups is 2. The van der Waals surface area contributed by atoms with Gasteiger partial charge in [0.15, 0.2) is 0 Å². The van der Waals surface area contributed by atoms with Gasteiger partial charge < -0.3 is 20.1 Å². The Morgan fingerprint density at radius 1 is 0.952 bits per heavy atom. The molecule has 0 aromatic heterocycles. The van der Waals surface area contributed by atoms with Crippen LogP contribution in [0.25, 0.3) is 0 Å². The monoisotopic (exact) mass is 299 g/mol. The molecule has 1 aliphatic rings. The summed E-state index contributed by atoms with van der Waals surface area (Å²) in [6.45, 7) is 10.9. The quantitative estimate of drug-likeness (QED) is 0.822. The Hall–Kier alpha value is -1.46. The first kappa shape index (κ1) is 17.6. The van der Waals surface area contributed by atoms with Gasteiger partial charge in [-0.2, -0.15) is 0 Å². The van der Waals surface area contributed by atoms with Crippen LogP contribution in [0.3, 0.4) is 0 Å². The molecule has 0 heterocycles. The van der Waals surface area contributed by atoms with E-state index in [4.69, 9.17) is 9.47 Å². The fraction of sp³-hybridized carbons (Fsp3) is 0.800. The molecule has 2 amide bonds. The average molecular weight is 299 g/mol. The summed E-state index contributed by atoms with van der Waals surface area (Å²) in [7, 11) is 0. The van der Waals surface area contributed by atoms with Crippen LogP contribution in [0.2, 0.25) is 0 Å². The van der Waals surface area contributed by atoms with E-state index in [-0.39, 0.29) is 12.1 Å². The van der Waals surface area contributed by atoms with E-state index in [0.717, 1.165) is 0 Å². The van der Waals surface area contributed by atoms with Gasteiger partial charge in [0, 0.05) is 12.1 Å². The lowest BCUT2D eigenvalue weighted by atomic mass is 10.2. The predicted molar refractivity (Wildman–Crippen MR) is 79.8 cm³/mol. The van der Waals surface area contributed by atoms with Crippen molar-refractivity contribution in [3.05, 3.63) is 6.42 Å². The first-order valence-corrected chi connectivity index (χ1v) is 7.27. The molecule has 6 nitrogen and oxygen atoms in total. The van der Waals surface area contributed by atoms with Crippen molar-refractivity contribution in [2.24, 2.45) is 0 Å². The summed E-state index contributed by atoms with van der Waals surface area (Å²) in [5.41, 5.74) is -1.03. The topological polar surface area (TPSA) is 76.7 Å². The highest BCUT2D eigenvalue weighted by Gasteiger charge is 2.30. The normalized spacial score (nSPS) is 22.6. The predicted octanol–water partition coefficient (Wildman–Crippen LogP) is 2.77. The maximum Gasteiger partial charge on any atom is 0.407 e. The Bertz CT molecular complexity index is 346. The van der Waals surface area contributed by atoms with Gasteiger partial charge in [-0.1, -0.05) is 0 Å². The third kappa shape index (κ3) is 7.78. The van der Waals surface area contributed by atoms with Gasteiger partial charge in [0.1, 0.15) is 11.2 Å². The number of alkyl carbamates (subject to hydrolysis) is 2. The molecule has 0 bridgehead atoms. The van der Waals surface area contributed by atoms with Crippen molar-refractivity contribution in [1.29, 1.82) is 0 Å². The Morgan fingerprint density at radius 3 is 1.90 bits per heavy atom. The lowest BCUT2D eigenvalue weighted by molar-refractivity contribution is 0.0504. The van der Waals surface area contributed by atoms with Gasteiger partial charge in [0.05, 0.1) is 0 Å². The van der Waals surface area contributed by atoms with Gasteiger partial charge >= 0.3 is 12.2 Å². The molecule has 1 radical (unpaired) electrons. The molecule has 2 unspecified atom stereocenters. The van der Waals surface area contributed by atoms with E-state index in [9.17, 15) is 9.59 Å². The van der Waals surface area contributed by atoms with E-state index >= 15 is 0 Å². The van der Waals surface area contributed by atoms with Crippen LogP contribution in [0.15, 0.2) is 0 Å². The minimum Gasteiger partial charge on any atom is -0.444 e. The summed E-state index contributed by atoms with van der Waals surface area (Å²) < 4.78 is 10.4. The highest BCUT2D eigenvalue weighted by atomic mass is 16.6. The van der Waals surface area contributed by atoms with Gasteiger partial charge in [0.25, 0.3) is 0 Å². The molecule has 2 N–H and O–H groups in total. The van der Waals surface area contributed by atoms with Crippen molar-refractivity contribution >= 4 is 12.2 Å². The van der Waals surface area contributed by atoms with E-state index in [2.05, 4.69) is 10.6 Å². The standard InChI is InChI=1S/C15H27N2O4/c1-14(2,3)20-12(18)16-10-7-8-11(9-10)17-13(19)21-15(4,5)6/h7,10-11H,8-9H2,1-6H3,(H,16,18)(H,17,19). The second-order valence-corrected chi connectivity index (χ2v) is 7.30. The van der Waals surface area contributed by atoms with E-state index in [0.29, 0.717) is 12.8 Å². The molecule has 2 atom stereocenters. The smallest absolute Gasteiger partial charge is 0.407 e. The minimum atomic E-state index is -0.517. The summed E-state index contributed by atoms with van der Waals surface area (Å²) in [6.07, 6.45) is 2.42. The molecule has 0 aromatic rings. The maximum atomic E-state index is 11.7. The van der Waals surface area contributed by atoms with Crippen molar-refractivity contribution in [1.82, 2.24) is 10.6 Å². The van der Waals surface area contributed by atoms with Crippen LogP contribution in [0.5, 0.6) is 0 Å². The lowest BCUT2D eigenvalue weighted by Gasteiger charge is -2.22. The number of nitrogens with one attached hydrogen (secondary N) is 2. The van der Waals surface area contributed by atoms with Crippen LogP contribution in [-0.2, 0) is 9.47 Å². The SMILES string of the molecule is CC(C)(C)OC(=O)NC1[CH]CC(NC(=O)OC(C)(C)C)C1. The van der Waals surface area contributed by atoms with Gasteiger partial charge in [-0.15, -0.1) is 0 Å². The number of carbonyl (C=O) groups excluding carboxylic acids is 2. The zero-order valence-electron chi connectivity index (χ0n) is 13.8. The fourth-order valence-electron chi connectivity index (χ4n) is 2.00. The summed E-state index contributed by atoms with van der Waals surface area (Å²) in [5, 5.41) is 5.58.